The minimum absolute atomic E-state index is 0.199. The first-order chi connectivity index (χ1) is 8.54. The first kappa shape index (κ1) is 15.0. The molecule has 0 amide bonds. The number of aryl methyl sites for hydroxylation is 1. The summed E-state index contributed by atoms with van der Waals surface area (Å²) in [4.78, 5) is 10.5. The molecule has 4 nitrogen and oxygen atoms in total. The van der Waals surface area contributed by atoms with Gasteiger partial charge in [0, 0.05) is 30.0 Å². The SMILES string of the molecule is CCSCC(C)NCc1ccc(C)c([N+](=O)[O-])c1. The quantitative estimate of drug-likeness (QED) is 0.609. The summed E-state index contributed by atoms with van der Waals surface area (Å²) in [6.07, 6.45) is 0. The third-order valence-corrected chi connectivity index (χ3v) is 3.84. The summed E-state index contributed by atoms with van der Waals surface area (Å²) in [6.45, 7) is 6.70. The maximum atomic E-state index is 10.8. The third kappa shape index (κ3) is 4.66. The molecule has 0 saturated carbocycles. The van der Waals surface area contributed by atoms with Gasteiger partial charge in [-0.3, -0.25) is 10.1 Å². The maximum Gasteiger partial charge on any atom is 0.272 e. The van der Waals surface area contributed by atoms with Gasteiger partial charge in [-0.1, -0.05) is 19.1 Å². The molecule has 5 heteroatoms. The number of nitrogens with zero attached hydrogens (tertiary/aromatic N) is 1. The molecule has 100 valence electrons. The van der Waals surface area contributed by atoms with Gasteiger partial charge in [0.2, 0.25) is 0 Å². The standard InChI is InChI=1S/C13H20N2O2S/c1-4-18-9-11(3)14-8-12-6-5-10(2)13(7-12)15(16)17/h5-7,11,14H,4,8-9H2,1-3H3. The van der Waals surface area contributed by atoms with Crippen LogP contribution in [0, 0.1) is 17.0 Å². The lowest BCUT2D eigenvalue weighted by Gasteiger charge is -2.13. The molecule has 1 N–H and O–H groups in total. The second-order valence-electron chi connectivity index (χ2n) is 4.32. The highest BCUT2D eigenvalue weighted by molar-refractivity contribution is 7.99. The normalized spacial score (nSPS) is 12.4. The van der Waals surface area contributed by atoms with Crippen molar-refractivity contribution in [2.45, 2.75) is 33.4 Å². The fourth-order valence-electron chi connectivity index (χ4n) is 1.61. The minimum Gasteiger partial charge on any atom is -0.309 e. The van der Waals surface area contributed by atoms with Crippen LogP contribution in [0.3, 0.4) is 0 Å². The van der Waals surface area contributed by atoms with Crippen molar-refractivity contribution in [1.29, 1.82) is 0 Å². The summed E-state index contributed by atoms with van der Waals surface area (Å²) in [5.41, 5.74) is 1.86. The Kier molecular flexibility index (Phi) is 6.15. The average molecular weight is 268 g/mol. The Morgan fingerprint density at radius 2 is 2.22 bits per heavy atom. The number of nitro groups is 1. The molecule has 1 rings (SSSR count). The van der Waals surface area contributed by atoms with Gasteiger partial charge in [-0.15, -0.1) is 0 Å². The van der Waals surface area contributed by atoms with Gasteiger partial charge in [-0.05, 0) is 25.2 Å². The largest absolute Gasteiger partial charge is 0.309 e. The van der Waals surface area contributed by atoms with Crippen LogP contribution in [0.25, 0.3) is 0 Å². The fourth-order valence-corrected chi connectivity index (χ4v) is 2.31. The minimum atomic E-state index is -0.324. The van der Waals surface area contributed by atoms with E-state index in [0.717, 1.165) is 17.1 Å². The Morgan fingerprint density at radius 3 is 2.83 bits per heavy atom. The van der Waals surface area contributed by atoms with Crippen LogP contribution < -0.4 is 5.32 Å². The van der Waals surface area contributed by atoms with Gasteiger partial charge in [0.05, 0.1) is 4.92 Å². The maximum absolute atomic E-state index is 10.8. The first-order valence-electron chi connectivity index (χ1n) is 6.09. The van der Waals surface area contributed by atoms with Crippen molar-refractivity contribution in [2.75, 3.05) is 11.5 Å². The summed E-state index contributed by atoms with van der Waals surface area (Å²) < 4.78 is 0. The molecule has 0 bridgehead atoms. The van der Waals surface area contributed by atoms with Crippen LogP contribution in [0.5, 0.6) is 0 Å². The van der Waals surface area contributed by atoms with E-state index in [9.17, 15) is 10.1 Å². The van der Waals surface area contributed by atoms with Crippen molar-refractivity contribution in [3.8, 4) is 0 Å². The van der Waals surface area contributed by atoms with Crippen LogP contribution >= 0.6 is 11.8 Å². The number of benzene rings is 1. The van der Waals surface area contributed by atoms with Crippen molar-refractivity contribution in [3.05, 3.63) is 39.4 Å². The molecule has 0 spiro atoms. The molecular weight excluding hydrogens is 248 g/mol. The first-order valence-corrected chi connectivity index (χ1v) is 7.25. The van der Waals surface area contributed by atoms with Gasteiger partial charge in [0.1, 0.15) is 0 Å². The Bertz CT molecular complexity index is 410. The van der Waals surface area contributed by atoms with Crippen molar-refractivity contribution in [2.24, 2.45) is 0 Å². The zero-order valence-electron chi connectivity index (χ0n) is 11.1. The molecule has 0 aliphatic heterocycles. The number of nitro benzene ring substituents is 1. The Hall–Kier alpha value is -1.07. The van der Waals surface area contributed by atoms with E-state index in [0.29, 0.717) is 18.2 Å². The number of thioether (sulfide) groups is 1. The van der Waals surface area contributed by atoms with Crippen molar-refractivity contribution in [1.82, 2.24) is 5.32 Å². The molecular formula is C13H20N2O2S. The monoisotopic (exact) mass is 268 g/mol. The summed E-state index contributed by atoms with van der Waals surface area (Å²) in [7, 11) is 0. The van der Waals surface area contributed by atoms with E-state index in [4.69, 9.17) is 0 Å². The highest BCUT2D eigenvalue weighted by atomic mass is 32.2. The molecule has 0 aliphatic rings. The van der Waals surface area contributed by atoms with E-state index in [1.54, 1.807) is 19.1 Å². The number of hydrogen-bond donors (Lipinski definition) is 1. The third-order valence-electron chi connectivity index (χ3n) is 2.70. The number of rotatable bonds is 7. The van der Waals surface area contributed by atoms with E-state index < -0.39 is 0 Å². The number of nitrogens with one attached hydrogen (secondary N) is 1. The van der Waals surface area contributed by atoms with Crippen LogP contribution in [-0.2, 0) is 6.54 Å². The molecule has 18 heavy (non-hydrogen) atoms. The zero-order chi connectivity index (χ0) is 13.5. The molecule has 0 saturated heterocycles. The fraction of sp³-hybridized carbons (Fsp3) is 0.538. The molecule has 0 aliphatic carbocycles. The lowest BCUT2D eigenvalue weighted by molar-refractivity contribution is -0.385. The lowest BCUT2D eigenvalue weighted by Crippen LogP contribution is -2.27. The molecule has 1 aromatic rings. The topological polar surface area (TPSA) is 55.2 Å². The van der Waals surface area contributed by atoms with Crippen LogP contribution in [0.4, 0.5) is 5.69 Å². The summed E-state index contributed by atoms with van der Waals surface area (Å²) in [5, 5.41) is 14.2. The molecule has 0 radical (unpaired) electrons. The number of hydrogen-bond acceptors (Lipinski definition) is 4. The van der Waals surface area contributed by atoms with Crippen molar-refractivity contribution < 1.29 is 4.92 Å². The van der Waals surface area contributed by atoms with E-state index in [1.165, 1.54) is 0 Å². The van der Waals surface area contributed by atoms with Gasteiger partial charge in [-0.2, -0.15) is 11.8 Å². The van der Waals surface area contributed by atoms with E-state index in [2.05, 4.69) is 19.2 Å². The van der Waals surface area contributed by atoms with Gasteiger partial charge >= 0.3 is 0 Å². The van der Waals surface area contributed by atoms with Crippen LogP contribution in [0.1, 0.15) is 25.0 Å². The highest BCUT2D eigenvalue weighted by Gasteiger charge is 2.11. The smallest absolute Gasteiger partial charge is 0.272 e. The predicted molar refractivity (Wildman–Crippen MR) is 77.1 cm³/mol. The molecule has 0 fully saturated rings. The Balaban J connectivity index is 2.57. The Morgan fingerprint density at radius 1 is 1.50 bits per heavy atom. The van der Waals surface area contributed by atoms with Crippen LogP contribution in [-0.4, -0.2) is 22.5 Å². The van der Waals surface area contributed by atoms with E-state index in [1.807, 2.05) is 17.8 Å². The van der Waals surface area contributed by atoms with Gasteiger partial charge in [0.25, 0.3) is 5.69 Å². The second kappa shape index (κ2) is 7.38. The van der Waals surface area contributed by atoms with Crippen LogP contribution in [0.2, 0.25) is 0 Å². The average Bonchev–Trinajstić information content (AvgIpc) is 2.35. The van der Waals surface area contributed by atoms with Crippen molar-refractivity contribution in [3.63, 3.8) is 0 Å². The summed E-state index contributed by atoms with van der Waals surface area (Å²) in [5.74, 6) is 2.17. The molecule has 1 aromatic carbocycles. The molecule has 0 heterocycles. The molecule has 0 aromatic heterocycles. The van der Waals surface area contributed by atoms with Crippen LogP contribution in [0.15, 0.2) is 18.2 Å². The summed E-state index contributed by atoms with van der Waals surface area (Å²) in [6, 6.07) is 5.81. The van der Waals surface area contributed by atoms with E-state index in [-0.39, 0.29) is 10.6 Å². The summed E-state index contributed by atoms with van der Waals surface area (Å²) >= 11 is 1.89. The van der Waals surface area contributed by atoms with E-state index >= 15 is 0 Å². The Labute approximate surface area is 112 Å². The molecule has 1 atom stereocenters. The second-order valence-corrected chi connectivity index (χ2v) is 5.64. The zero-order valence-corrected chi connectivity index (χ0v) is 11.9. The van der Waals surface area contributed by atoms with Gasteiger partial charge in [-0.25, -0.2) is 0 Å². The lowest BCUT2D eigenvalue weighted by atomic mass is 10.1. The predicted octanol–water partition coefficient (Wildman–Crippen LogP) is 3.13. The van der Waals surface area contributed by atoms with Crippen molar-refractivity contribution >= 4 is 17.4 Å². The molecule has 1 unspecified atom stereocenters. The van der Waals surface area contributed by atoms with Gasteiger partial charge in [0.15, 0.2) is 0 Å². The van der Waals surface area contributed by atoms with Gasteiger partial charge < -0.3 is 5.32 Å². The highest BCUT2D eigenvalue weighted by Crippen LogP contribution is 2.19.